The fraction of sp³-hybridized carbons (Fsp3) is 0.316. The number of esters is 1. The molecule has 1 amide bonds. The summed E-state index contributed by atoms with van der Waals surface area (Å²) in [6, 6.07) is 9.07. The zero-order chi connectivity index (χ0) is 19.6. The van der Waals surface area contributed by atoms with Crippen LogP contribution in [-0.4, -0.2) is 34.8 Å². The summed E-state index contributed by atoms with van der Waals surface area (Å²) in [6.45, 7) is 6.14. The van der Waals surface area contributed by atoms with Gasteiger partial charge < -0.3 is 10.1 Å². The second-order valence-electron chi connectivity index (χ2n) is 6.58. The van der Waals surface area contributed by atoms with Crippen molar-refractivity contribution in [2.75, 3.05) is 13.2 Å². The van der Waals surface area contributed by atoms with E-state index >= 15 is 0 Å². The van der Waals surface area contributed by atoms with Crippen molar-refractivity contribution in [1.82, 2.24) is 15.1 Å². The molecule has 142 valence electrons. The lowest BCUT2D eigenvalue weighted by atomic mass is 10.2. The van der Waals surface area contributed by atoms with Gasteiger partial charge >= 0.3 is 5.97 Å². The van der Waals surface area contributed by atoms with Crippen molar-refractivity contribution in [2.24, 2.45) is 5.92 Å². The fourth-order valence-electron chi connectivity index (χ4n) is 2.48. The number of nitrogens with zero attached hydrogens (tertiary/aromatic N) is 2. The van der Waals surface area contributed by atoms with Crippen molar-refractivity contribution in [3.63, 3.8) is 0 Å². The summed E-state index contributed by atoms with van der Waals surface area (Å²) in [5.74, 6) is -0.481. The molecule has 2 aromatic heterocycles. The van der Waals surface area contributed by atoms with Gasteiger partial charge in [-0.1, -0.05) is 25.4 Å². The monoisotopic (exact) mass is 405 g/mol. The van der Waals surface area contributed by atoms with Crippen LogP contribution >= 0.6 is 22.9 Å². The van der Waals surface area contributed by atoms with Crippen molar-refractivity contribution in [1.29, 1.82) is 0 Å². The van der Waals surface area contributed by atoms with E-state index in [-0.39, 0.29) is 12.5 Å². The molecule has 3 rings (SSSR count). The predicted molar refractivity (Wildman–Crippen MR) is 107 cm³/mol. The van der Waals surface area contributed by atoms with Gasteiger partial charge in [0.25, 0.3) is 5.91 Å². The number of aromatic nitrogens is 2. The van der Waals surface area contributed by atoms with Crippen LogP contribution in [-0.2, 0) is 9.53 Å². The summed E-state index contributed by atoms with van der Waals surface area (Å²) in [7, 11) is 0. The summed E-state index contributed by atoms with van der Waals surface area (Å²) in [4.78, 5) is 25.3. The number of ether oxygens (including phenoxy) is 1. The van der Waals surface area contributed by atoms with Crippen molar-refractivity contribution in [3.8, 4) is 5.69 Å². The highest BCUT2D eigenvalue weighted by atomic mass is 35.5. The van der Waals surface area contributed by atoms with Crippen LogP contribution in [0.25, 0.3) is 15.9 Å². The van der Waals surface area contributed by atoms with E-state index < -0.39 is 5.97 Å². The maximum atomic E-state index is 12.3. The van der Waals surface area contributed by atoms with Crippen molar-refractivity contribution in [2.45, 2.75) is 20.8 Å². The average Bonchev–Trinajstić information content (AvgIpc) is 3.19. The second kappa shape index (κ2) is 8.10. The number of amides is 1. The Hall–Kier alpha value is -2.38. The molecule has 0 bridgehead atoms. The summed E-state index contributed by atoms with van der Waals surface area (Å²) in [5.41, 5.74) is 1.66. The minimum atomic E-state index is -0.516. The van der Waals surface area contributed by atoms with E-state index in [1.54, 1.807) is 22.9 Å². The summed E-state index contributed by atoms with van der Waals surface area (Å²) in [6.07, 6.45) is 0. The topological polar surface area (TPSA) is 73.2 Å². The molecule has 8 heteroatoms. The van der Waals surface area contributed by atoms with Crippen LogP contribution in [0.5, 0.6) is 0 Å². The lowest BCUT2D eigenvalue weighted by Crippen LogP contribution is -2.31. The third kappa shape index (κ3) is 4.48. The van der Waals surface area contributed by atoms with E-state index in [9.17, 15) is 9.59 Å². The lowest BCUT2D eigenvalue weighted by Gasteiger charge is -2.07. The number of carbonyl (C=O) groups is 2. The Morgan fingerprint density at radius 3 is 2.67 bits per heavy atom. The van der Waals surface area contributed by atoms with Gasteiger partial charge in [0.05, 0.1) is 11.4 Å². The van der Waals surface area contributed by atoms with Gasteiger partial charge in [-0.2, -0.15) is 5.10 Å². The molecule has 3 aromatic rings. The highest BCUT2D eigenvalue weighted by molar-refractivity contribution is 7.20. The molecule has 0 aliphatic carbocycles. The van der Waals surface area contributed by atoms with Gasteiger partial charge in [-0.15, -0.1) is 11.3 Å². The maximum Gasteiger partial charge on any atom is 0.348 e. The number of aryl methyl sites for hydroxylation is 1. The van der Waals surface area contributed by atoms with Gasteiger partial charge in [0.1, 0.15) is 9.71 Å². The van der Waals surface area contributed by atoms with Crippen LogP contribution in [0.4, 0.5) is 0 Å². The Bertz CT molecular complexity index is 976. The van der Waals surface area contributed by atoms with Crippen LogP contribution in [0.3, 0.4) is 0 Å². The SMILES string of the molecule is Cc1nn(-c2ccc(Cl)cc2)c2sc(C(=O)OCC(=O)NCC(C)C)cc12. The molecule has 0 aliphatic rings. The minimum absolute atomic E-state index is 0.290. The average molecular weight is 406 g/mol. The standard InChI is InChI=1S/C19H20ClN3O3S/c1-11(2)9-21-17(24)10-26-19(25)16-8-15-12(3)22-23(18(15)27-16)14-6-4-13(20)5-7-14/h4-8,11H,9-10H2,1-3H3,(H,21,24). The molecular weight excluding hydrogens is 386 g/mol. The third-order valence-corrected chi connectivity index (χ3v) is 5.20. The molecule has 1 N–H and O–H groups in total. The largest absolute Gasteiger partial charge is 0.451 e. The van der Waals surface area contributed by atoms with Crippen LogP contribution in [0.15, 0.2) is 30.3 Å². The summed E-state index contributed by atoms with van der Waals surface area (Å²) >= 11 is 7.23. The minimum Gasteiger partial charge on any atom is -0.451 e. The van der Waals surface area contributed by atoms with E-state index in [2.05, 4.69) is 10.4 Å². The molecule has 1 aromatic carbocycles. The third-order valence-electron chi connectivity index (χ3n) is 3.86. The highest BCUT2D eigenvalue weighted by Gasteiger charge is 2.19. The van der Waals surface area contributed by atoms with Crippen molar-refractivity contribution >= 4 is 45.0 Å². The lowest BCUT2D eigenvalue weighted by molar-refractivity contribution is -0.124. The molecule has 27 heavy (non-hydrogen) atoms. The van der Waals surface area contributed by atoms with Gasteiger partial charge in [-0.05, 0) is 43.2 Å². The first-order valence-electron chi connectivity index (χ1n) is 8.54. The molecule has 0 saturated heterocycles. The van der Waals surface area contributed by atoms with Gasteiger partial charge in [-0.3, -0.25) is 4.79 Å². The number of rotatable bonds is 6. The van der Waals surface area contributed by atoms with Gasteiger partial charge in [0.2, 0.25) is 0 Å². The Morgan fingerprint density at radius 1 is 1.30 bits per heavy atom. The number of nitrogens with one attached hydrogen (secondary N) is 1. The van der Waals surface area contributed by atoms with E-state index in [4.69, 9.17) is 16.3 Å². The van der Waals surface area contributed by atoms with E-state index in [0.29, 0.717) is 22.4 Å². The number of thiophene rings is 1. The highest BCUT2D eigenvalue weighted by Crippen LogP contribution is 2.31. The molecule has 0 spiro atoms. The van der Waals surface area contributed by atoms with Crippen LogP contribution < -0.4 is 5.32 Å². The van der Waals surface area contributed by atoms with Crippen molar-refractivity contribution in [3.05, 3.63) is 45.9 Å². The molecule has 0 aliphatic heterocycles. The molecule has 6 nitrogen and oxygen atoms in total. The normalized spacial score (nSPS) is 11.1. The van der Waals surface area contributed by atoms with E-state index in [1.807, 2.05) is 32.9 Å². The van der Waals surface area contributed by atoms with Crippen LogP contribution in [0.1, 0.15) is 29.2 Å². The number of carbonyl (C=O) groups excluding carboxylic acids is 2. The quantitative estimate of drug-likeness (QED) is 0.629. The first-order valence-corrected chi connectivity index (χ1v) is 9.73. The first kappa shape index (κ1) is 19.4. The van der Waals surface area contributed by atoms with E-state index in [0.717, 1.165) is 21.6 Å². The fourth-order valence-corrected chi connectivity index (χ4v) is 3.68. The zero-order valence-electron chi connectivity index (χ0n) is 15.3. The number of hydrogen-bond acceptors (Lipinski definition) is 5. The smallest absolute Gasteiger partial charge is 0.348 e. The molecular formula is C19H20ClN3O3S. The van der Waals surface area contributed by atoms with Gasteiger partial charge in [0, 0.05) is 17.0 Å². The van der Waals surface area contributed by atoms with Crippen molar-refractivity contribution < 1.29 is 14.3 Å². The first-order chi connectivity index (χ1) is 12.8. The predicted octanol–water partition coefficient (Wildman–Crippen LogP) is 3.98. The van der Waals surface area contributed by atoms with Crippen LogP contribution in [0, 0.1) is 12.8 Å². The Labute approximate surface area is 166 Å². The Morgan fingerprint density at radius 2 is 2.00 bits per heavy atom. The second-order valence-corrected chi connectivity index (χ2v) is 8.04. The number of fused-ring (bicyclic) bond motifs is 1. The van der Waals surface area contributed by atoms with E-state index in [1.165, 1.54) is 11.3 Å². The number of halogens is 1. The number of benzene rings is 1. The maximum absolute atomic E-state index is 12.3. The molecule has 0 atom stereocenters. The Kier molecular flexibility index (Phi) is 5.82. The molecule has 0 saturated carbocycles. The Balaban J connectivity index is 1.76. The molecule has 0 radical (unpaired) electrons. The number of hydrogen-bond donors (Lipinski definition) is 1. The molecule has 0 unspecified atom stereocenters. The van der Waals surface area contributed by atoms with Gasteiger partial charge in [0.15, 0.2) is 6.61 Å². The van der Waals surface area contributed by atoms with Gasteiger partial charge in [-0.25, -0.2) is 9.48 Å². The summed E-state index contributed by atoms with van der Waals surface area (Å²) < 4.78 is 6.91. The molecule has 0 fully saturated rings. The zero-order valence-corrected chi connectivity index (χ0v) is 16.9. The molecule has 2 heterocycles. The van der Waals surface area contributed by atoms with Crippen LogP contribution in [0.2, 0.25) is 5.02 Å². The summed E-state index contributed by atoms with van der Waals surface area (Å²) in [5, 5.41) is 8.77.